The zero-order valence-corrected chi connectivity index (χ0v) is 14.6. The lowest BCUT2D eigenvalue weighted by Gasteiger charge is -2.37. The third kappa shape index (κ3) is 5.23. The van der Waals surface area contributed by atoms with E-state index in [-0.39, 0.29) is 10.1 Å². The Kier molecular flexibility index (Phi) is 5.02. The molecule has 19 heavy (non-hydrogen) atoms. The van der Waals surface area contributed by atoms with Crippen molar-refractivity contribution in [2.75, 3.05) is 0 Å². The van der Waals surface area contributed by atoms with Crippen molar-refractivity contribution in [2.24, 2.45) is 0 Å². The molecule has 0 amide bonds. The van der Waals surface area contributed by atoms with E-state index in [1.807, 2.05) is 6.26 Å². The predicted molar refractivity (Wildman–Crippen MR) is 87.9 cm³/mol. The second-order valence-electron chi connectivity index (χ2n) is 7.47. The Morgan fingerprint density at radius 3 is 2.05 bits per heavy atom. The normalized spacial score (nSPS) is 13.3. The average Bonchev–Trinajstić information content (AvgIpc) is 2.21. The highest BCUT2D eigenvalue weighted by Gasteiger charge is 2.39. The van der Waals surface area contributed by atoms with Crippen molar-refractivity contribution in [1.82, 2.24) is 0 Å². The van der Waals surface area contributed by atoms with Gasteiger partial charge in [-0.3, -0.25) is 0 Å². The molecular weight excluding hydrogens is 248 g/mol. The maximum Gasteiger partial charge on any atom is 0.245 e. The van der Waals surface area contributed by atoms with Crippen molar-refractivity contribution in [2.45, 2.75) is 58.5 Å². The van der Waals surface area contributed by atoms with Crippen LogP contribution < -0.4 is 0 Å². The van der Waals surface area contributed by atoms with Crippen molar-refractivity contribution >= 4 is 15.1 Å². The van der Waals surface area contributed by atoms with E-state index in [9.17, 15) is 0 Å². The van der Waals surface area contributed by atoms with E-state index >= 15 is 0 Å². The van der Waals surface area contributed by atoms with Gasteiger partial charge in [-0.25, -0.2) is 0 Å². The SMILES string of the molecule is Cc1cccc(C=CO[SiH](C(C)(C)C)C(C)(C)C)c1. The van der Waals surface area contributed by atoms with Gasteiger partial charge in [0, 0.05) is 0 Å². The molecule has 0 aliphatic heterocycles. The number of hydrogen-bond acceptors (Lipinski definition) is 1. The molecule has 0 saturated carbocycles. The van der Waals surface area contributed by atoms with Crippen LogP contribution >= 0.6 is 0 Å². The molecule has 0 bridgehead atoms. The molecule has 0 aliphatic carbocycles. The van der Waals surface area contributed by atoms with E-state index in [2.05, 4.69) is 78.8 Å². The fourth-order valence-corrected chi connectivity index (χ4v) is 6.33. The second-order valence-corrected chi connectivity index (χ2v) is 12.0. The van der Waals surface area contributed by atoms with Gasteiger partial charge in [-0.15, -0.1) is 0 Å². The Balaban J connectivity index is 2.78. The Morgan fingerprint density at radius 1 is 1.00 bits per heavy atom. The quantitative estimate of drug-likeness (QED) is 0.537. The molecule has 1 aromatic carbocycles. The largest absolute Gasteiger partial charge is 0.551 e. The number of aryl methyl sites for hydroxylation is 1. The van der Waals surface area contributed by atoms with Crippen LogP contribution in [-0.4, -0.2) is 9.04 Å². The monoisotopic (exact) mass is 276 g/mol. The minimum absolute atomic E-state index is 0.259. The van der Waals surface area contributed by atoms with Gasteiger partial charge in [-0.05, 0) is 28.6 Å². The lowest BCUT2D eigenvalue weighted by molar-refractivity contribution is 0.412. The second kappa shape index (κ2) is 5.95. The molecule has 106 valence electrons. The molecule has 0 unspecified atom stereocenters. The highest BCUT2D eigenvalue weighted by molar-refractivity contribution is 6.58. The van der Waals surface area contributed by atoms with Crippen molar-refractivity contribution in [3.8, 4) is 0 Å². The van der Waals surface area contributed by atoms with Crippen molar-refractivity contribution in [3.05, 3.63) is 41.7 Å². The summed E-state index contributed by atoms with van der Waals surface area (Å²) < 4.78 is 6.17. The summed E-state index contributed by atoms with van der Waals surface area (Å²) in [5.41, 5.74) is 2.48. The standard InChI is InChI=1S/C17H28OSi/c1-14-9-8-10-15(13-14)11-12-18-19(16(2,3)4)17(5,6)7/h8-13,19H,1-7H3. The highest BCUT2D eigenvalue weighted by Crippen LogP contribution is 2.42. The van der Waals surface area contributed by atoms with Gasteiger partial charge in [0.1, 0.15) is 0 Å². The van der Waals surface area contributed by atoms with Gasteiger partial charge in [0.15, 0.2) is 0 Å². The summed E-state index contributed by atoms with van der Waals surface area (Å²) in [4.78, 5) is 0. The first-order valence-corrected chi connectivity index (χ1v) is 8.62. The first-order chi connectivity index (χ1) is 8.60. The summed E-state index contributed by atoms with van der Waals surface area (Å²) in [6, 6.07) is 8.47. The van der Waals surface area contributed by atoms with E-state index in [4.69, 9.17) is 4.43 Å². The van der Waals surface area contributed by atoms with Gasteiger partial charge in [0.25, 0.3) is 0 Å². The Morgan fingerprint density at radius 2 is 1.58 bits per heavy atom. The maximum absolute atomic E-state index is 6.17. The molecule has 0 aliphatic rings. The number of benzene rings is 1. The molecule has 2 heteroatoms. The van der Waals surface area contributed by atoms with E-state index < -0.39 is 9.04 Å². The van der Waals surface area contributed by atoms with Crippen LogP contribution in [0.3, 0.4) is 0 Å². The fourth-order valence-electron chi connectivity index (χ4n) is 2.68. The molecule has 0 spiro atoms. The first-order valence-electron chi connectivity index (χ1n) is 6.99. The minimum Gasteiger partial charge on any atom is -0.551 e. The minimum atomic E-state index is -1.35. The van der Waals surface area contributed by atoms with E-state index in [0.29, 0.717) is 0 Å². The lowest BCUT2D eigenvalue weighted by Crippen LogP contribution is -2.36. The molecule has 1 nitrogen and oxygen atoms in total. The van der Waals surface area contributed by atoms with Crippen LogP contribution in [0.5, 0.6) is 0 Å². The van der Waals surface area contributed by atoms with Crippen LogP contribution in [0.4, 0.5) is 0 Å². The third-order valence-electron chi connectivity index (χ3n) is 3.09. The molecule has 0 N–H and O–H groups in total. The van der Waals surface area contributed by atoms with Crippen LogP contribution in [0.2, 0.25) is 10.1 Å². The first kappa shape index (κ1) is 16.0. The molecule has 1 rings (SSSR count). The van der Waals surface area contributed by atoms with Crippen LogP contribution in [-0.2, 0) is 4.43 Å². The van der Waals surface area contributed by atoms with Gasteiger partial charge in [-0.2, -0.15) is 0 Å². The summed E-state index contributed by atoms with van der Waals surface area (Å²) in [5, 5.41) is 0.518. The lowest BCUT2D eigenvalue weighted by atomic mass is 10.1. The predicted octanol–water partition coefficient (Wildman–Crippen LogP) is 5.31. The zero-order valence-electron chi connectivity index (χ0n) is 13.4. The van der Waals surface area contributed by atoms with Gasteiger partial charge in [0.2, 0.25) is 9.04 Å². The summed E-state index contributed by atoms with van der Waals surface area (Å²) in [6.07, 6.45) is 3.98. The smallest absolute Gasteiger partial charge is 0.245 e. The molecule has 1 aromatic rings. The summed E-state index contributed by atoms with van der Waals surface area (Å²) in [7, 11) is -1.35. The molecule has 0 heterocycles. The molecule has 0 atom stereocenters. The van der Waals surface area contributed by atoms with Crippen LogP contribution in [0.1, 0.15) is 52.7 Å². The van der Waals surface area contributed by atoms with Crippen LogP contribution in [0, 0.1) is 6.92 Å². The molecular formula is C17H28OSi. The Hall–Kier alpha value is -1.02. The summed E-state index contributed by atoms with van der Waals surface area (Å²) >= 11 is 0. The molecule has 0 saturated heterocycles. The number of rotatable bonds is 3. The van der Waals surface area contributed by atoms with Crippen molar-refractivity contribution < 1.29 is 4.43 Å². The Bertz CT molecular complexity index is 421. The average molecular weight is 276 g/mol. The molecule has 0 radical (unpaired) electrons. The summed E-state index contributed by atoms with van der Waals surface area (Å²) in [5.74, 6) is 0. The van der Waals surface area contributed by atoms with Crippen molar-refractivity contribution in [3.63, 3.8) is 0 Å². The van der Waals surface area contributed by atoms with E-state index in [1.165, 1.54) is 11.1 Å². The van der Waals surface area contributed by atoms with Gasteiger partial charge >= 0.3 is 0 Å². The van der Waals surface area contributed by atoms with Gasteiger partial charge < -0.3 is 4.43 Å². The van der Waals surface area contributed by atoms with E-state index in [1.54, 1.807) is 0 Å². The highest BCUT2D eigenvalue weighted by atomic mass is 28.3. The number of hydrogen-bond donors (Lipinski definition) is 0. The zero-order chi connectivity index (χ0) is 14.7. The summed E-state index contributed by atoms with van der Waals surface area (Å²) in [6.45, 7) is 15.8. The van der Waals surface area contributed by atoms with E-state index in [0.717, 1.165) is 0 Å². The Labute approximate surface area is 120 Å². The third-order valence-corrected chi connectivity index (χ3v) is 6.67. The maximum atomic E-state index is 6.17. The molecule has 0 aromatic heterocycles. The van der Waals surface area contributed by atoms with Gasteiger partial charge in [0.05, 0.1) is 6.26 Å². The van der Waals surface area contributed by atoms with Crippen LogP contribution in [0.15, 0.2) is 30.5 Å². The van der Waals surface area contributed by atoms with Gasteiger partial charge in [-0.1, -0.05) is 71.4 Å². The fraction of sp³-hybridized carbons (Fsp3) is 0.529. The molecule has 0 fully saturated rings. The van der Waals surface area contributed by atoms with Crippen molar-refractivity contribution in [1.29, 1.82) is 0 Å². The van der Waals surface area contributed by atoms with Crippen LogP contribution in [0.25, 0.3) is 6.08 Å². The topological polar surface area (TPSA) is 9.23 Å².